The number of carbonyl (C=O) groups is 2. The Hall–Kier alpha value is -3.71. The van der Waals surface area contributed by atoms with E-state index in [2.05, 4.69) is 15.4 Å². The molecule has 0 saturated carbocycles. The van der Waals surface area contributed by atoms with Crippen molar-refractivity contribution in [2.45, 2.75) is 37.7 Å². The number of nitrogens with one attached hydrogen (secondary N) is 2. The van der Waals surface area contributed by atoms with Crippen molar-refractivity contribution in [2.24, 2.45) is 0 Å². The smallest absolute Gasteiger partial charge is 0.416 e. The van der Waals surface area contributed by atoms with Gasteiger partial charge in [0.2, 0.25) is 0 Å². The molecule has 0 aliphatic rings. The number of benzene rings is 3. The van der Waals surface area contributed by atoms with E-state index in [0.29, 0.717) is 11.6 Å². The highest BCUT2D eigenvalue weighted by Crippen LogP contribution is 2.34. The minimum absolute atomic E-state index is 0.0289. The predicted molar refractivity (Wildman–Crippen MR) is 136 cm³/mol. The number of hydrogen-bond donors (Lipinski definition) is 2. The van der Waals surface area contributed by atoms with Crippen LogP contribution >= 0.6 is 11.6 Å². The second kappa shape index (κ2) is 12.6. The number of rotatable bonds is 10. The van der Waals surface area contributed by atoms with Gasteiger partial charge in [-0.15, -0.1) is 0 Å². The molecule has 0 aliphatic carbocycles. The molecule has 3 aromatic carbocycles. The van der Waals surface area contributed by atoms with Gasteiger partial charge in [-0.3, -0.25) is 9.59 Å². The molecule has 0 unspecified atom stereocenters. The first-order valence-electron chi connectivity index (χ1n) is 11.5. The lowest BCUT2D eigenvalue weighted by Gasteiger charge is -2.15. The Balaban J connectivity index is 1.78. The summed E-state index contributed by atoms with van der Waals surface area (Å²) in [5.41, 5.74) is -1.49. The minimum Gasteiger partial charge on any atom is -0.434 e. The van der Waals surface area contributed by atoms with Gasteiger partial charge in [0.15, 0.2) is 9.84 Å². The molecule has 0 fully saturated rings. The summed E-state index contributed by atoms with van der Waals surface area (Å²) < 4.78 is 94.1. The van der Waals surface area contributed by atoms with Crippen LogP contribution in [-0.4, -0.2) is 32.6 Å². The molecule has 0 radical (unpaired) electrons. The summed E-state index contributed by atoms with van der Waals surface area (Å²) >= 11 is 5.66. The summed E-state index contributed by atoms with van der Waals surface area (Å²) in [6.45, 7) is -2.47. The fourth-order valence-corrected chi connectivity index (χ4v) is 4.61. The molecule has 3 aromatic rings. The van der Waals surface area contributed by atoms with Gasteiger partial charge in [-0.1, -0.05) is 36.7 Å². The van der Waals surface area contributed by atoms with Crippen molar-refractivity contribution in [3.05, 3.63) is 93.5 Å². The average molecular weight is 605 g/mol. The molecule has 0 aliphatic heterocycles. The van der Waals surface area contributed by atoms with E-state index >= 15 is 0 Å². The van der Waals surface area contributed by atoms with E-state index in [1.54, 1.807) is 0 Å². The van der Waals surface area contributed by atoms with Crippen molar-refractivity contribution < 1.29 is 44.7 Å². The van der Waals surface area contributed by atoms with Crippen LogP contribution in [0.4, 0.5) is 22.0 Å². The van der Waals surface area contributed by atoms with Crippen LogP contribution in [0.3, 0.4) is 0 Å². The van der Waals surface area contributed by atoms with E-state index in [1.165, 1.54) is 37.3 Å². The third kappa shape index (κ3) is 7.92. The SMILES string of the molecule is CCS(=O)(=O)c1ccc(CNC(=O)c2ccc(OC(F)F)c(C(=O)NCc3ccc(Cl)cc3C(F)(F)F)c2)cc1. The molecular formula is C26H22ClF5N2O5S. The van der Waals surface area contributed by atoms with Crippen LogP contribution in [0, 0.1) is 0 Å². The number of sulfone groups is 1. The van der Waals surface area contributed by atoms with Crippen LogP contribution in [-0.2, 0) is 29.1 Å². The van der Waals surface area contributed by atoms with Gasteiger partial charge in [-0.25, -0.2) is 8.42 Å². The maximum Gasteiger partial charge on any atom is 0.416 e. The fourth-order valence-electron chi connectivity index (χ4n) is 3.55. The van der Waals surface area contributed by atoms with Crippen LogP contribution in [0.15, 0.2) is 65.6 Å². The van der Waals surface area contributed by atoms with E-state index in [9.17, 15) is 40.0 Å². The van der Waals surface area contributed by atoms with Gasteiger partial charge in [-0.2, -0.15) is 22.0 Å². The third-order valence-corrected chi connectivity index (χ3v) is 7.62. The molecular weight excluding hydrogens is 583 g/mol. The summed E-state index contributed by atoms with van der Waals surface area (Å²) in [7, 11) is -3.40. The average Bonchev–Trinajstić information content (AvgIpc) is 2.90. The zero-order valence-electron chi connectivity index (χ0n) is 20.7. The zero-order valence-corrected chi connectivity index (χ0v) is 22.3. The van der Waals surface area contributed by atoms with Crippen LogP contribution < -0.4 is 15.4 Å². The van der Waals surface area contributed by atoms with Crippen molar-refractivity contribution in [3.63, 3.8) is 0 Å². The van der Waals surface area contributed by atoms with Crippen molar-refractivity contribution in [1.29, 1.82) is 0 Å². The van der Waals surface area contributed by atoms with Gasteiger partial charge >= 0.3 is 12.8 Å². The summed E-state index contributed by atoms with van der Waals surface area (Å²) in [6.07, 6.45) is -4.77. The highest BCUT2D eigenvalue weighted by molar-refractivity contribution is 7.91. The quantitative estimate of drug-likeness (QED) is 0.293. The Kier molecular flexibility index (Phi) is 9.74. The van der Waals surface area contributed by atoms with Crippen LogP contribution in [0.25, 0.3) is 0 Å². The van der Waals surface area contributed by atoms with Gasteiger partial charge in [0.1, 0.15) is 5.75 Å². The number of amides is 2. The van der Waals surface area contributed by atoms with E-state index in [-0.39, 0.29) is 33.3 Å². The first-order valence-corrected chi connectivity index (χ1v) is 13.6. The van der Waals surface area contributed by atoms with Crippen LogP contribution in [0.5, 0.6) is 5.75 Å². The van der Waals surface area contributed by atoms with Gasteiger partial charge in [-0.05, 0) is 53.6 Å². The van der Waals surface area contributed by atoms with Crippen molar-refractivity contribution in [3.8, 4) is 5.75 Å². The van der Waals surface area contributed by atoms with E-state index in [1.807, 2.05) is 0 Å². The second-order valence-electron chi connectivity index (χ2n) is 8.30. The van der Waals surface area contributed by atoms with E-state index in [4.69, 9.17) is 11.6 Å². The van der Waals surface area contributed by atoms with Crippen LogP contribution in [0.1, 0.15) is 44.3 Å². The molecule has 2 amide bonds. The summed E-state index contributed by atoms with van der Waals surface area (Å²) in [5.74, 6) is -2.45. The van der Waals surface area contributed by atoms with Crippen LogP contribution in [0.2, 0.25) is 5.02 Å². The highest BCUT2D eigenvalue weighted by Gasteiger charge is 2.33. The topological polar surface area (TPSA) is 102 Å². The largest absolute Gasteiger partial charge is 0.434 e. The molecule has 0 saturated heterocycles. The number of hydrogen-bond acceptors (Lipinski definition) is 5. The molecule has 0 heterocycles. The molecule has 14 heteroatoms. The first-order chi connectivity index (χ1) is 18.7. The molecule has 0 atom stereocenters. The van der Waals surface area contributed by atoms with Crippen molar-refractivity contribution in [2.75, 3.05) is 5.75 Å². The maximum absolute atomic E-state index is 13.4. The minimum atomic E-state index is -4.77. The predicted octanol–water partition coefficient (Wildman–Crippen LogP) is 5.61. The molecule has 0 aromatic heterocycles. The Morgan fingerprint density at radius 1 is 0.925 bits per heavy atom. The summed E-state index contributed by atoms with van der Waals surface area (Å²) in [4.78, 5) is 25.6. The van der Waals surface area contributed by atoms with E-state index < -0.39 is 57.9 Å². The van der Waals surface area contributed by atoms with Gasteiger partial charge in [0.05, 0.1) is 21.8 Å². The monoisotopic (exact) mass is 604 g/mol. The normalized spacial score (nSPS) is 11.8. The molecule has 40 heavy (non-hydrogen) atoms. The standard InChI is InChI=1S/C26H22ClF5N2O5S/c1-2-40(37,38)19-8-3-15(4-9-19)13-33-23(35)16-6-10-22(39-25(28)29)20(11-16)24(36)34-14-17-5-7-18(27)12-21(17)26(30,31)32/h3-12,25H,2,13-14H2,1H3,(H,33,35)(H,34,36). The Labute approximate surface area is 231 Å². The molecule has 0 spiro atoms. The van der Waals surface area contributed by atoms with Crippen molar-refractivity contribution in [1.82, 2.24) is 10.6 Å². The lowest BCUT2D eigenvalue weighted by atomic mass is 10.1. The highest BCUT2D eigenvalue weighted by atomic mass is 35.5. The number of ether oxygens (including phenoxy) is 1. The maximum atomic E-state index is 13.4. The third-order valence-electron chi connectivity index (χ3n) is 5.63. The Morgan fingerprint density at radius 2 is 1.57 bits per heavy atom. The number of carbonyl (C=O) groups excluding carboxylic acids is 2. The molecule has 7 nitrogen and oxygen atoms in total. The van der Waals surface area contributed by atoms with Crippen molar-refractivity contribution >= 4 is 33.3 Å². The molecule has 3 rings (SSSR count). The fraction of sp³-hybridized carbons (Fsp3) is 0.231. The number of alkyl halides is 5. The Morgan fingerprint density at radius 3 is 2.17 bits per heavy atom. The van der Waals surface area contributed by atoms with E-state index in [0.717, 1.165) is 24.3 Å². The Bertz CT molecular complexity index is 1500. The molecule has 2 N–H and O–H groups in total. The lowest BCUT2D eigenvalue weighted by Crippen LogP contribution is -2.27. The summed E-state index contributed by atoms with van der Waals surface area (Å²) in [5, 5.41) is 4.60. The molecule has 0 bridgehead atoms. The second-order valence-corrected chi connectivity index (χ2v) is 11.0. The van der Waals surface area contributed by atoms with Gasteiger partial charge < -0.3 is 15.4 Å². The first kappa shape index (κ1) is 30.8. The van der Waals surface area contributed by atoms with Gasteiger partial charge in [0, 0.05) is 23.7 Å². The molecule has 214 valence electrons. The lowest BCUT2D eigenvalue weighted by molar-refractivity contribution is -0.138. The number of halogens is 6. The summed E-state index contributed by atoms with van der Waals surface area (Å²) in [6, 6.07) is 11.8. The zero-order chi connectivity index (χ0) is 29.7. The van der Waals surface area contributed by atoms with Gasteiger partial charge in [0.25, 0.3) is 11.8 Å².